The van der Waals surface area contributed by atoms with Gasteiger partial charge in [-0.25, -0.2) is 0 Å². The highest BCUT2D eigenvalue weighted by molar-refractivity contribution is 5.36. The Bertz CT molecular complexity index is 444. The summed E-state index contributed by atoms with van der Waals surface area (Å²) in [6, 6.07) is 0.264. The summed E-state index contributed by atoms with van der Waals surface area (Å²) in [5.74, 6) is 1.07. The van der Waals surface area contributed by atoms with Gasteiger partial charge in [0.2, 0.25) is 11.9 Å². The third kappa shape index (κ3) is 3.69. The van der Waals surface area contributed by atoms with Crippen LogP contribution in [0.3, 0.4) is 0 Å². The van der Waals surface area contributed by atoms with E-state index in [4.69, 9.17) is 10.5 Å². The quantitative estimate of drug-likeness (QED) is 0.843. The number of nitrogen functional groups attached to an aromatic ring is 1. The number of aromatic nitrogens is 3. The molecule has 1 atom stereocenters. The molecule has 1 unspecified atom stereocenters. The number of aliphatic hydroxyl groups excluding tert-OH is 1. The lowest BCUT2D eigenvalue weighted by molar-refractivity contribution is 0.109. The highest BCUT2D eigenvalue weighted by Crippen LogP contribution is 2.24. The van der Waals surface area contributed by atoms with E-state index in [9.17, 15) is 5.11 Å². The molecular weight excluding hydrogens is 258 g/mol. The van der Waals surface area contributed by atoms with Gasteiger partial charge in [0, 0.05) is 13.1 Å². The lowest BCUT2D eigenvalue weighted by atomic mass is 9.92. The predicted octanol–water partition coefficient (Wildman–Crippen LogP) is 0.838. The van der Waals surface area contributed by atoms with E-state index in [1.807, 2.05) is 20.8 Å². The van der Waals surface area contributed by atoms with Crippen molar-refractivity contribution in [1.82, 2.24) is 15.0 Å². The zero-order valence-corrected chi connectivity index (χ0v) is 12.3. The molecule has 112 valence electrons. The number of ether oxygens (including phenoxy) is 1. The van der Waals surface area contributed by atoms with Crippen molar-refractivity contribution in [2.45, 2.75) is 45.8 Å². The fourth-order valence-electron chi connectivity index (χ4n) is 2.35. The second-order valence-corrected chi connectivity index (χ2v) is 5.51. The Morgan fingerprint density at radius 2 is 1.85 bits per heavy atom. The smallest absolute Gasteiger partial charge is 0.323 e. The van der Waals surface area contributed by atoms with E-state index in [1.165, 1.54) is 0 Å². The summed E-state index contributed by atoms with van der Waals surface area (Å²) >= 11 is 0. The van der Waals surface area contributed by atoms with E-state index in [2.05, 4.69) is 19.9 Å². The van der Waals surface area contributed by atoms with E-state index in [0.29, 0.717) is 11.9 Å². The van der Waals surface area contributed by atoms with Crippen molar-refractivity contribution < 1.29 is 9.84 Å². The van der Waals surface area contributed by atoms with Gasteiger partial charge in [-0.3, -0.25) is 0 Å². The zero-order valence-electron chi connectivity index (χ0n) is 12.3. The van der Waals surface area contributed by atoms with E-state index >= 15 is 0 Å². The van der Waals surface area contributed by atoms with E-state index in [0.717, 1.165) is 25.9 Å². The molecule has 2 heterocycles. The fourth-order valence-corrected chi connectivity index (χ4v) is 2.35. The molecule has 1 fully saturated rings. The van der Waals surface area contributed by atoms with E-state index in [-0.39, 0.29) is 24.2 Å². The molecule has 0 amide bonds. The van der Waals surface area contributed by atoms with Gasteiger partial charge < -0.3 is 20.5 Å². The Hall–Kier alpha value is -1.63. The maximum Gasteiger partial charge on any atom is 0.323 e. The van der Waals surface area contributed by atoms with Crippen LogP contribution in [0.4, 0.5) is 11.9 Å². The third-order valence-corrected chi connectivity index (χ3v) is 3.47. The van der Waals surface area contributed by atoms with Crippen molar-refractivity contribution in [1.29, 1.82) is 0 Å². The van der Waals surface area contributed by atoms with E-state index < -0.39 is 0 Å². The van der Waals surface area contributed by atoms with Crippen LogP contribution in [0.5, 0.6) is 6.01 Å². The maximum atomic E-state index is 9.62. The van der Waals surface area contributed by atoms with Crippen LogP contribution < -0.4 is 15.4 Å². The SMILES string of the molecule is CC(C)Oc1nc(N)nc(N2CCC(C(C)O)CC2)n1. The highest BCUT2D eigenvalue weighted by Gasteiger charge is 2.24. The largest absolute Gasteiger partial charge is 0.461 e. The summed E-state index contributed by atoms with van der Waals surface area (Å²) < 4.78 is 5.48. The number of hydrogen-bond donors (Lipinski definition) is 2. The predicted molar refractivity (Wildman–Crippen MR) is 76.6 cm³/mol. The van der Waals surface area contributed by atoms with Gasteiger partial charge in [-0.2, -0.15) is 15.0 Å². The Balaban J connectivity index is 2.07. The molecule has 1 aromatic rings. The molecule has 1 aliphatic heterocycles. The normalized spacial score (nSPS) is 18.4. The molecule has 1 aromatic heterocycles. The monoisotopic (exact) mass is 281 g/mol. The van der Waals surface area contributed by atoms with Crippen molar-refractivity contribution >= 4 is 11.9 Å². The van der Waals surface area contributed by atoms with Gasteiger partial charge in [-0.15, -0.1) is 0 Å². The molecule has 20 heavy (non-hydrogen) atoms. The van der Waals surface area contributed by atoms with Crippen molar-refractivity contribution in [2.24, 2.45) is 5.92 Å². The number of piperidine rings is 1. The van der Waals surface area contributed by atoms with Crippen molar-refractivity contribution in [2.75, 3.05) is 23.7 Å². The number of aliphatic hydroxyl groups is 1. The summed E-state index contributed by atoms with van der Waals surface area (Å²) in [6.45, 7) is 7.28. The molecule has 2 rings (SSSR count). The van der Waals surface area contributed by atoms with Crippen LogP contribution in [0.1, 0.15) is 33.6 Å². The Morgan fingerprint density at radius 1 is 1.20 bits per heavy atom. The van der Waals surface area contributed by atoms with Crippen molar-refractivity contribution in [3.05, 3.63) is 0 Å². The standard InChI is InChI=1S/C13H23N5O2/c1-8(2)20-13-16-11(14)15-12(17-13)18-6-4-10(5-7-18)9(3)19/h8-10,19H,4-7H2,1-3H3,(H2,14,15,16,17). The first kappa shape index (κ1) is 14.8. The van der Waals surface area contributed by atoms with Crippen LogP contribution in [0.2, 0.25) is 0 Å². The first-order valence-electron chi connectivity index (χ1n) is 7.07. The van der Waals surface area contributed by atoms with Crippen LogP contribution in [-0.2, 0) is 0 Å². The molecule has 7 heteroatoms. The minimum Gasteiger partial charge on any atom is -0.461 e. The van der Waals surface area contributed by atoms with Gasteiger partial charge in [0.05, 0.1) is 12.2 Å². The average Bonchev–Trinajstić information content (AvgIpc) is 2.37. The molecule has 0 saturated carbocycles. The molecule has 7 nitrogen and oxygen atoms in total. The molecule has 1 saturated heterocycles. The zero-order chi connectivity index (χ0) is 14.7. The molecule has 1 aliphatic rings. The maximum absolute atomic E-state index is 9.62. The van der Waals surface area contributed by atoms with Crippen LogP contribution in [0.25, 0.3) is 0 Å². The second kappa shape index (κ2) is 6.21. The van der Waals surface area contributed by atoms with Gasteiger partial charge in [0.1, 0.15) is 0 Å². The van der Waals surface area contributed by atoms with Gasteiger partial charge >= 0.3 is 6.01 Å². The summed E-state index contributed by atoms with van der Waals surface area (Å²) in [5, 5.41) is 9.62. The Labute approximate surface area is 119 Å². The minimum absolute atomic E-state index is 0.00868. The first-order valence-corrected chi connectivity index (χ1v) is 7.07. The number of nitrogens with two attached hydrogens (primary N) is 1. The lowest BCUT2D eigenvalue weighted by Crippen LogP contribution is -2.38. The molecule has 3 N–H and O–H groups in total. The third-order valence-electron chi connectivity index (χ3n) is 3.47. The van der Waals surface area contributed by atoms with Gasteiger partial charge in [0.15, 0.2) is 0 Å². The Kier molecular flexibility index (Phi) is 4.59. The van der Waals surface area contributed by atoms with Crippen molar-refractivity contribution in [3.63, 3.8) is 0 Å². The fraction of sp³-hybridized carbons (Fsp3) is 0.769. The Morgan fingerprint density at radius 3 is 2.40 bits per heavy atom. The second-order valence-electron chi connectivity index (χ2n) is 5.51. The van der Waals surface area contributed by atoms with Crippen LogP contribution >= 0.6 is 0 Å². The lowest BCUT2D eigenvalue weighted by Gasteiger charge is -2.33. The molecule has 0 aliphatic carbocycles. The molecule has 0 spiro atoms. The molecule has 0 aromatic carbocycles. The average molecular weight is 281 g/mol. The molecule has 0 bridgehead atoms. The summed E-state index contributed by atoms with van der Waals surface area (Å²) in [6.07, 6.45) is 1.57. The topological polar surface area (TPSA) is 97.4 Å². The highest BCUT2D eigenvalue weighted by atomic mass is 16.5. The number of anilines is 2. The molecule has 0 radical (unpaired) electrons. The number of hydrogen-bond acceptors (Lipinski definition) is 7. The van der Waals surface area contributed by atoms with Crippen LogP contribution in [0, 0.1) is 5.92 Å². The van der Waals surface area contributed by atoms with Gasteiger partial charge in [-0.05, 0) is 39.5 Å². The van der Waals surface area contributed by atoms with E-state index in [1.54, 1.807) is 0 Å². The number of nitrogens with zero attached hydrogens (tertiary/aromatic N) is 4. The van der Waals surface area contributed by atoms with Crippen molar-refractivity contribution in [3.8, 4) is 6.01 Å². The van der Waals surface area contributed by atoms with Crippen LogP contribution in [0.15, 0.2) is 0 Å². The molecular formula is C13H23N5O2. The van der Waals surface area contributed by atoms with Gasteiger partial charge in [-0.1, -0.05) is 0 Å². The summed E-state index contributed by atoms with van der Waals surface area (Å²) in [5.41, 5.74) is 5.71. The van der Waals surface area contributed by atoms with Gasteiger partial charge in [0.25, 0.3) is 0 Å². The first-order chi connectivity index (χ1) is 9.45. The summed E-state index contributed by atoms with van der Waals surface area (Å²) in [4.78, 5) is 14.5. The minimum atomic E-state index is -0.264. The number of rotatable bonds is 4. The summed E-state index contributed by atoms with van der Waals surface area (Å²) in [7, 11) is 0. The van der Waals surface area contributed by atoms with Crippen LogP contribution in [-0.4, -0.2) is 45.4 Å².